The average Bonchev–Trinajstić information content (AvgIpc) is 2.48. The molecular formula is C15H19F3N2O3. The van der Waals surface area contributed by atoms with Crippen LogP contribution in [-0.4, -0.2) is 28.0 Å². The van der Waals surface area contributed by atoms with Crippen molar-refractivity contribution in [3.05, 3.63) is 29.6 Å². The molecular weight excluding hydrogens is 313 g/mol. The van der Waals surface area contributed by atoms with E-state index in [1.807, 2.05) is 6.92 Å². The normalized spacial score (nSPS) is 12.7. The maximum atomic E-state index is 12.4. The standard InChI is InChI=1S/C15H19F3N2O3/c1-2-3-4-11(14(22)23)20-13(21)8-6-10-5-7-12(19-9-10)15(16,17)18/h5,7,9,11H,2-4,6,8H2,1H3,(H,20,21)(H,22,23)/t11-/m1/s1. The highest BCUT2D eigenvalue weighted by molar-refractivity contribution is 5.83. The minimum absolute atomic E-state index is 0.0110. The molecule has 8 heteroatoms. The van der Waals surface area contributed by atoms with Crippen LogP contribution >= 0.6 is 0 Å². The first-order chi connectivity index (χ1) is 10.7. The number of hydrogen-bond donors (Lipinski definition) is 2. The number of carboxylic acid groups (broad SMARTS) is 1. The summed E-state index contributed by atoms with van der Waals surface area (Å²) in [6.45, 7) is 1.92. The Morgan fingerprint density at radius 2 is 2.04 bits per heavy atom. The molecule has 1 aromatic heterocycles. The van der Waals surface area contributed by atoms with Crippen LogP contribution in [-0.2, 0) is 22.2 Å². The number of aryl methyl sites for hydroxylation is 1. The molecule has 0 radical (unpaired) electrons. The molecule has 0 saturated carbocycles. The first-order valence-electron chi connectivity index (χ1n) is 7.28. The number of halogens is 3. The van der Waals surface area contributed by atoms with Crippen molar-refractivity contribution in [1.82, 2.24) is 10.3 Å². The number of aliphatic carboxylic acids is 1. The van der Waals surface area contributed by atoms with Gasteiger partial charge in [0.25, 0.3) is 0 Å². The number of hydrogen-bond acceptors (Lipinski definition) is 3. The molecule has 23 heavy (non-hydrogen) atoms. The second-order valence-electron chi connectivity index (χ2n) is 5.15. The smallest absolute Gasteiger partial charge is 0.433 e. The number of aromatic nitrogens is 1. The fourth-order valence-electron chi connectivity index (χ4n) is 1.93. The molecule has 1 rings (SSSR count). The van der Waals surface area contributed by atoms with E-state index in [2.05, 4.69) is 10.3 Å². The van der Waals surface area contributed by atoms with E-state index in [1.165, 1.54) is 6.07 Å². The van der Waals surface area contributed by atoms with Crippen molar-refractivity contribution in [2.75, 3.05) is 0 Å². The van der Waals surface area contributed by atoms with Crippen LogP contribution in [0.3, 0.4) is 0 Å². The van der Waals surface area contributed by atoms with Crippen molar-refractivity contribution in [1.29, 1.82) is 0 Å². The number of pyridine rings is 1. The number of nitrogens with zero attached hydrogens (tertiary/aromatic N) is 1. The Morgan fingerprint density at radius 3 is 2.52 bits per heavy atom. The number of carboxylic acids is 1. The quantitative estimate of drug-likeness (QED) is 0.767. The van der Waals surface area contributed by atoms with Crippen molar-refractivity contribution in [2.24, 2.45) is 0 Å². The minimum Gasteiger partial charge on any atom is -0.480 e. The van der Waals surface area contributed by atoms with E-state index >= 15 is 0 Å². The van der Waals surface area contributed by atoms with Crippen LogP contribution in [0.25, 0.3) is 0 Å². The number of carbonyl (C=O) groups is 2. The fourth-order valence-corrected chi connectivity index (χ4v) is 1.93. The van der Waals surface area contributed by atoms with Crippen LogP contribution in [0.4, 0.5) is 13.2 Å². The number of amides is 1. The molecule has 0 aromatic carbocycles. The zero-order valence-electron chi connectivity index (χ0n) is 12.7. The predicted molar refractivity (Wildman–Crippen MR) is 76.7 cm³/mol. The third kappa shape index (κ3) is 6.66. The van der Waals surface area contributed by atoms with Crippen LogP contribution in [0.2, 0.25) is 0 Å². The second-order valence-corrected chi connectivity index (χ2v) is 5.15. The Labute approximate surface area is 131 Å². The van der Waals surface area contributed by atoms with Crippen molar-refractivity contribution in [3.63, 3.8) is 0 Å². The minimum atomic E-state index is -4.50. The lowest BCUT2D eigenvalue weighted by Crippen LogP contribution is -2.40. The molecule has 1 heterocycles. The molecule has 0 unspecified atom stereocenters. The summed E-state index contributed by atoms with van der Waals surface area (Å²) in [7, 11) is 0. The summed E-state index contributed by atoms with van der Waals surface area (Å²) in [6.07, 6.45) is -1.40. The maximum Gasteiger partial charge on any atom is 0.433 e. The van der Waals surface area contributed by atoms with Crippen LogP contribution < -0.4 is 5.32 Å². The lowest BCUT2D eigenvalue weighted by Gasteiger charge is -2.14. The van der Waals surface area contributed by atoms with Gasteiger partial charge >= 0.3 is 12.1 Å². The highest BCUT2D eigenvalue weighted by Crippen LogP contribution is 2.27. The fraction of sp³-hybridized carbons (Fsp3) is 0.533. The van der Waals surface area contributed by atoms with Crippen molar-refractivity contribution in [3.8, 4) is 0 Å². The third-order valence-corrected chi connectivity index (χ3v) is 3.24. The molecule has 1 aromatic rings. The number of rotatable bonds is 8. The monoisotopic (exact) mass is 332 g/mol. The molecule has 128 valence electrons. The van der Waals surface area contributed by atoms with Gasteiger partial charge in [0.05, 0.1) is 0 Å². The summed E-state index contributed by atoms with van der Waals surface area (Å²) >= 11 is 0. The van der Waals surface area contributed by atoms with E-state index in [4.69, 9.17) is 5.11 Å². The number of carbonyl (C=O) groups excluding carboxylic acids is 1. The Hall–Kier alpha value is -2.12. The molecule has 2 N–H and O–H groups in total. The molecule has 5 nitrogen and oxygen atoms in total. The Balaban J connectivity index is 2.50. The van der Waals surface area contributed by atoms with Crippen molar-refractivity contribution >= 4 is 11.9 Å². The summed E-state index contributed by atoms with van der Waals surface area (Å²) in [5.41, 5.74) is -0.509. The van der Waals surface area contributed by atoms with Crippen molar-refractivity contribution < 1.29 is 27.9 Å². The summed E-state index contributed by atoms with van der Waals surface area (Å²) in [6, 6.07) is 1.18. The summed E-state index contributed by atoms with van der Waals surface area (Å²) < 4.78 is 37.1. The van der Waals surface area contributed by atoms with Crippen LogP contribution in [0.15, 0.2) is 18.3 Å². The van der Waals surface area contributed by atoms with Crippen LogP contribution in [0, 0.1) is 0 Å². The number of nitrogens with one attached hydrogen (secondary N) is 1. The molecule has 0 fully saturated rings. The predicted octanol–water partition coefficient (Wildman–Crippen LogP) is 2.79. The highest BCUT2D eigenvalue weighted by Gasteiger charge is 2.32. The highest BCUT2D eigenvalue weighted by atomic mass is 19.4. The SMILES string of the molecule is CCCC[C@@H](NC(=O)CCc1ccc(C(F)(F)F)nc1)C(=O)O. The summed E-state index contributed by atoms with van der Waals surface area (Å²) in [4.78, 5) is 26.1. The van der Waals surface area contributed by atoms with Gasteiger partial charge in [-0.1, -0.05) is 25.8 Å². The molecule has 0 spiro atoms. The van der Waals surface area contributed by atoms with Crippen LogP contribution in [0.1, 0.15) is 43.9 Å². The topological polar surface area (TPSA) is 79.3 Å². The van der Waals surface area contributed by atoms with Gasteiger partial charge in [-0.3, -0.25) is 9.78 Å². The van der Waals surface area contributed by atoms with Gasteiger partial charge in [-0.2, -0.15) is 13.2 Å². The van der Waals surface area contributed by atoms with Gasteiger partial charge < -0.3 is 10.4 Å². The summed E-state index contributed by atoms with van der Waals surface area (Å²) in [5.74, 6) is -1.55. The molecule has 0 aliphatic carbocycles. The van der Waals surface area contributed by atoms with Crippen molar-refractivity contribution in [2.45, 2.75) is 51.2 Å². The molecule has 0 saturated heterocycles. The molecule has 0 bridgehead atoms. The zero-order valence-corrected chi connectivity index (χ0v) is 12.7. The van der Waals surface area contributed by atoms with Gasteiger partial charge in [-0.25, -0.2) is 4.79 Å². The molecule has 0 aliphatic heterocycles. The van der Waals surface area contributed by atoms with E-state index in [1.54, 1.807) is 0 Å². The van der Waals surface area contributed by atoms with E-state index in [0.717, 1.165) is 18.7 Å². The average molecular weight is 332 g/mol. The number of alkyl halides is 3. The van der Waals surface area contributed by atoms with Gasteiger partial charge in [0, 0.05) is 12.6 Å². The van der Waals surface area contributed by atoms with Gasteiger partial charge in [-0.15, -0.1) is 0 Å². The third-order valence-electron chi connectivity index (χ3n) is 3.24. The Morgan fingerprint density at radius 1 is 1.35 bits per heavy atom. The van der Waals surface area contributed by atoms with E-state index in [9.17, 15) is 22.8 Å². The van der Waals surface area contributed by atoms with Gasteiger partial charge in [0.2, 0.25) is 5.91 Å². The molecule has 1 amide bonds. The van der Waals surface area contributed by atoms with Gasteiger partial charge in [0.1, 0.15) is 11.7 Å². The Bertz CT molecular complexity index is 530. The second kappa shape index (κ2) is 8.50. The van der Waals surface area contributed by atoms with Crippen LogP contribution in [0.5, 0.6) is 0 Å². The maximum absolute atomic E-state index is 12.4. The first-order valence-corrected chi connectivity index (χ1v) is 7.28. The van der Waals surface area contributed by atoms with E-state index < -0.39 is 29.8 Å². The summed E-state index contributed by atoms with van der Waals surface area (Å²) in [5, 5.41) is 11.4. The zero-order chi connectivity index (χ0) is 17.5. The largest absolute Gasteiger partial charge is 0.480 e. The number of unbranched alkanes of at least 4 members (excludes halogenated alkanes) is 1. The van der Waals surface area contributed by atoms with Gasteiger partial charge in [0.15, 0.2) is 0 Å². The lowest BCUT2D eigenvalue weighted by molar-refractivity contribution is -0.142. The lowest BCUT2D eigenvalue weighted by atomic mass is 10.1. The Kier molecular flexibility index (Phi) is 6.99. The van der Waals surface area contributed by atoms with Gasteiger partial charge in [-0.05, 0) is 24.5 Å². The molecule has 1 atom stereocenters. The van der Waals surface area contributed by atoms with E-state index in [0.29, 0.717) is 18.4 Å². The first kappa shape index (κ1) is 18.9. The van der Waals surface area contributed by atoms with E-state index in [-0.39, 0.29) is 12.8 Å². The molecule has 0 aliphatic rings.